The van der Waals surface area contributed by atoms with Crippen molar-refractivity contribution in [2.45, 2.75) is 38.8 Å². The van der Waals surface area contributed by atoms with Crippen molar-refractivity contribution in [1.29, 1.82) is 0 Å². The van der Waals surface area contributed by atoms with Crippen LogP contribution in [0, 0.1) is 0 Å². The Bertz CT molecular complexity index is 570. The Kier molecular flexibility index (Phi) is 4.51. The number of thiazole rings is 1. The largest absolute Gasteiger partial charge is 0.489 e. The van der Waals surface area contributed by atoms with Gasteiger partial charge in [-0.25, -0.2) is 4.98 Å². The third-order valence-corrected chi connectivity index (χ3v) is 4.82. The molecule has 1 fully saturated rings. The van der Waals surface area contributed by atoms with Crippen molar-refractivity contribution in [3.63, 3.8) is 0 Å². The Morgan fingerprint density at radius 2 is 2.19 bits per heavy atom. The Hall–Kier alpha value is -1.46. The zero-order valence-corrected chi connectivity index (χ0v) is 13.3. The fraction of sp³-hybridized carbons (Fsp3) is 0.500. The van der Waals surface area contributed by atoms with Gasteiger partial charge >= 0.3 is 0 Å². The van der Waals surface area contributed by atoms with E-state index in [1.54, 1.807) is 23.7 Å². The first kappa shape index (κ1) is 14.5. The van der Waals surface area contributed by atoms with Crippen molar-refractivity contribution in [3.05, 3.63) is 40.6 Å². The Labute approximate surface area is 129 Å². The number of likely N-dealkylation sites (tertiary alicyclic amines) is 1. The SMILES string of the molecule is CC(C)c1nc(CN2CC[C@H](Oc3ccncc3)C2)cs1. The summed E-state index contributed by atoms with van der Waals surface area (Å²) in [6.45, 7) is 7.36. The molecule has 3 rings (SSSR count). The number of rotatable bonds is 5. The Morgan fingerprint density at radius 1 is 1.38 bits per heavy atom. The molecule has 0 radical (unpaired) electrons. The van der Waals surface area contributed by atoms with E-state index in [0.717, 1.165) is 31.8 Å². The highest BCUT2D eigenvalue weighted by molar-refractivity contribution is 7.09. The maximum Gasteiger partial charge on any atom is 0.122 e. The van der Waals surface area contributed by atoms with Crippen LogP contribution in [-0.4, -0.2) is 34.1 Å². The second-order valence-electron chi connectivity index (χ2n) is 5.78. The molecule has 1 aliphatic rings. The lowest BCUT2D eigenvalue weighted by Gasteiger charge is -2.15. The molecule has 0 unspecified atom stereocenters. The second-order valence-corrected chi connectivity index (χ2v) is 6.67. The lowest BCUT2D eigenvalue weighted by Crippen LogP contribution is -2.24. The van der Waals surface area contributed by atoms with Gasteiger partial charge in [-0.15, -0.1) is 11.3 Å². The predicted molar refractivity (Wildman–Crippen MR) is 84.8 cm³/mol. The lowest BCUT2D eigenvalue weighted by molar-refractivity contribution is 0.197. The highest BCUT2D eigenvalue weighted by atomic mass is 32.1. The van der Waals surface area contributed by atoms with Crippen LogP contribution in [0.3, 0.4) is 0 Å². The minimum absolute atomic E-state index is 0.274. The van der Waals surface area contributed by atoms with Gasteiger partial charge in [0.05, 0.1) is 10.7 Å². The van der Waals surface area contributed by atoms with Gasteiger partial charge in [-0.3, -0.25) is 9.88 Å². The van der Waals surface area contributed by atoms with Crippen molar-refractivity contribution < 1.29 is 4.74 Å². The van der Waals surface area contributed by atoms with E-state index in [2.05, 4.69) is 29.1 Å². The lowest BCUT2D eigenvalue weighted by atomic mass is 10.2. The third-order valence-electron chi connectivity index (χ3n) is 3.63. The number of pyridine rings is 1. The van der Waals surface area contributed by atoms with Crippen LogP contribution in [0.15, 0.2) is 29.9 Å². The first-order valence-electron chi connectivity index (χ1n) is 7.44. The van der Waals surface area contributed by atoms with E-state index >= 15 is 0 Å². The monoisotopic (exact) mass is 303 g/mol. The molecule has 5 heteroatoms. The van der Waals surface area contributed by atoms with Crippen LogP contribution in [0.4, 0.5) is 0 Å². The average molecular weight is 303 g/mol. The molecule has 2 aromatic heterocycles. The molecule has 1 saturated heterocycles. The molecule has 0 aliphatic carbocycles. The molecule has 3 heterocycles. The highest BCUT2D eigenvalue weighted by Crippen LogP contribution is 2.22. The summed E-state index contributed by atoms with van der Waals surface area (Å²) in [5, 5.41) is 3.42. The van der Waals surface area contributed by atoms with Crippen LogP contribution < -0.4 is 4.74 Å². The minimum Gasteiger partial charge on any atom is -0.489 e. The maximum absolute atomic E-state index is 5.99. The Balaban J connectivity index is 1.52. The molecule has 4 nitrogen and oxygen atoms in total. The van der Waals surface area contributed by atoms with Crippen LogP contribution in [0.2, 0.25) is 0 Å². The fourth-order valence-corrected chi connectivity index (χ4v) is 3.36. The van der Waals surface area contributed by atoms with Crippen molar-refractivity contribution in [1.82, 2.24) is 14.9 Å². The van der Waals surface area contributed by atoms with Gasteiger partial charge in [-0.1, -0.05) is 13.8 Å². The normalized spacial score (nSPS) is 19.3. The summed E-state index contributed by atoms with van der Waals surface area (Å²) in [5.41, 5.74) is 1.19. The van der Waals surface area contributed by atoms with E-state index in [0.29, 0.717) is 5.92 Å². The quantitative estimate of drug-likeness (QED) is 0.849. The van der Waals surface area contributed by atoms with Gasteiger partial charge in [0, 0.05) is 43.3 Å². The zero-order valence-electron chi connectivity index (χ0n) is 12.5. The van der Waals surface area contributed by atoms with Crippen LogP contribution in [-0.2, 0) is 6.54 Å². The van der Waals surface area contributed by atoms with Crippen LogP contribution in [0.1, 0.15) is 36.9 Å². The van der Waals surface area contributed by atoms with E-state index in [-0.39, 0.29) is 6.10 Å². The maximum atomic E-state index is 5.99. The number of hydrogen-bond donors (Lipinski definition) is 0. The molecular weight excluding hydrogens is 282 g/mol. The van der Waals surface area contributed by atoms with E-state index < -0.39 is 0 Å². The van der Waals surface area contributed by atoms with Crippen LogP contribution >= 0.6 is 11.3 Å². The molecule has 112 valence electrons. The van der Waals surface area contributed by atoms with Crippen molar-refractivity contribution in [3.8, 4) is 5.75 Å². The van der Waals surface area contributed by atoms with Gasteiger partial charge in [0.15, 0.2) is 0 Å². The minimum atomic E-state index is 0.274. The molecule has 2 aromatic rings. The van der Waals surface area contributed by atoms with Gasteiger partial charge in [0.1, 0.15) is 11.9 Å². The summed E-state index contributed by atoms with van der Waals surface area (Å²) >= 11 is 1.77. The molecule has 0 bridgehead atoms. The van der Waals surface area contributed by atoms with Crippen molar-refractivity contribution in [2.24, 2.45) is 0 Å². The number of ether oxygens (including phenoxy) is 1. The van der Waals surface area contributed by atoms with E-state index in [4.69, 9.17) is 9.72 Å². The van der Waals surface area contributed by atoms with Crippen LogP contribution in [0.25, 0.3) is 0 Å². The fourth-order valence-electron chi connectivity index (χ4n) is 2.54. The first-order chi connectivity index (χ1) is 10.2. The second kappa shape index (κ2) is 6.54. The molecule has 0 amide bonds. The standard InChI is InChI=1S/C16H21N3OS/c1-12(2)16-18-13(11-21-16)9-19-8-5-15(10-19)20-14-3-6-17-7-4-14/h3-4,6-7,11-12,15H,5,8-10H2,1-2H3/t15-/m0/s1. The van der Waals surface area contributed by atoms with Gasteiger partial charge in [0.25, 0.3) is 0 Å². The van der Waals surface area contributed by atoms with Gasteiger partial charge < -0.3 is 4.74 Å². The molecule has 0 saturated carbocycles. The third kappa shape index (κ3) is 3.80. The van der Waals surface area contributed by atoms with Crippen molar-refractivity contribution >= 4 is 11.3 Å². The summed E-state index contributed by atoms with van der Waals surface area (Å²) in [5.74, 6) is 1.43. The first-order valence-corrected chi connectivity index (χ1v) is 8.32. The van der Waals surface area contributed by atoms with Gasteiger partial charge in [-0.05, 0) is 18.6 Å². The summed E-state index contributed by atoms with van der Waals surface area (Å²) in [7, 11) is 0. The van der Waals surface area contributed by atoms with Crippen LogP contribution in [0.5, 0.6) is 5.75 Å². The van der Waals surface area contributed by atoms with Gasteiger partial charge in [0.2, 0.25) is 0 Å². The molecule has 1 aliphatic heterocycles. The summed E-state index contributed by atoms with van der Waals surface area (Å²) < 4.78 is 5.99. The topological polar surface area (TPSA) is 38.2 Å². The van der Waals surface area contributed by atoms with Gasteiger partial charge in [-0.2, -0.15) is 0 Å². The summed E-state index contributed by atoms with van der Waals surface area (Å²) in [4.78, 5) is 11.1. The molecule has 1 atom stereocenters. The molecule has 0 N–H and O–H groups in total. The molecule has 0 spiro atoms. The van der Waals surface area contributed by atoms with E-state index in [9.17, 15) is 0 Å². The smallest absolute Gasteiger partial charge is 0.122 e. The molecule has 0 aromatic carbocycles. The summed E-state index contributed by atoms with van der Waals surface area (Å²) in [6.07, 6.45) is 4.88. The number of hydrogen-bond acceptors (Lipinski definition) is 5. The highest BCUT2D eigenvalue weighted by Gasteiger charge is 2.24. The molecule has 21 heavy (non-hydrogen) atoms. The van der Waals surface area contributed by atoms with Crippen molar-refractivity contribution in [2.75, 3.05) is 13.1 Å². The predicted octanol–water partition coefficient (Wildman–Crippen LogP) is 3.31. The number of aromatic nitrogens is 2. The summed E-state index contributed by atoms with van der Waals surface area (Å²) in [6, 6.07) is 3.83. The van der Waals surface area contributed by atoms with E-state index in [1.165, 1.54) is 10.7 Å². The van der Waals surface area contributed by atoms with E-state index in [1.807, 2.05) is 12.1 Å². The Morgan fingerprint density at radius 3 is 2.90 bits per heavy atom. The zero-order chi connectivity index (χ0) is 14.7. The number of nitrogens with zero attached hydrogens (tertiary/aromatic N) is 3. The molecular formula is C16H21N3OS. The average Bonchev–Trinajstić information content (AvgIpc) is 3.10.